The summed E-state index contributed by atoms with van der Waals surface area (Å²) in [6.07, 6.45) is 2.05. The Balaban J connectivity index is 2.19. The first kappa shape index (κ1) is 13.1. The van der Waals surface area contributed by atoms with Gasteiger partial charge in [0.05, 0.1) is 16.7 Å². The lowest BCUT2D eigenvalue weighted by molar-refractivity contribution is 0.689. The zero-order valence-corrected chi connectivity index (χ0v) is 11.5. The quantitative estimate of drug-likeness (QED) is 0.835. The lowest BCUT2D eigenvalue weighted by Gasteiger charge is -2.15. The summed E-state index contributed by atoms with van der Waals surface area (Å²) in [5, 5.41) is 3.40. The smallest absolute Gasteiger partial charge is 0.148 e. The summed E-state index contributed by atoms with van der Waals surface area (Å²) in [6.45, 7) is 4.12. The average molecular weight is 264 g/mol. The molecule has 1 aromatic heterocycles. The Morgan fingerprint density at radius 1 is 1.22 bits per heavy atom. The molecule has 2 rings (SSSR count). The van der Waals surface area contributed by atoms with E-state index in [0.717, 1.165) is 35.4 Å². The third-order valence-electron chi connectivity index (χ3n) is 2.90. The number of nitrogens with one attached hydrogen (secondary N) is 1. The summed E-state index contributed by atoms with van der Waals surface area (Å²) in [7, 11) is 0. The maximum Gasteiger partial charge on any atom is 0.148 e. The van der Waals surface area contributed by atoms with Crippen LogP contribution in [0.3, 0.4) is 0 Å². The molecule has 0 spiro atoms. The van der Waals surface area contributed by atoms with Crippen molar-refractivity contribution >= 4 is 28.5 Å². The van der Waals surface area contributed by atoms with E-state index in [4.69, 9.17) is 11.6 Å². The monoisotopic (exact) mass is 263 g/mol. The molecule has 0 aliphatic rings. The van der Waals surface area contributed by atoms with Gasteiger partial charge in [0.15, 0.2) is 0 Å². The molecule has 0 saturated carbocycles. The second kappa shape index (κ2) is 6.01. The van der Waals surface area contributed by atoms with Gasteiger partial charge in [0.2, 0.25) is 0 Å². The van der Waals surface area contributed by atoms with Gasteiger partial charge in [-0.2, -0.15) is 0 Å². The molecule has 1 aromatic carbocycles. The van der Waals surface area contributed by atoms with E-state index in [9.17, 15) is 0 Å². The third kappa shape index (κ3) is 3.10. The molecular weight excluding hydrogens is 246 g/mol. The van der Waals surface area contributed by atoms with Gasteiger partial charge in [-0.3, -0.25) is 0 Å². The summed E-state index contributed by atoms with van der Waals surface area (Å²) >= 11 is 5.70. The van der Waals surface area contributed by atoms with Crippen LogP contribution >= 0.6 is 11.6 Å². The number of hydrogen-bond donors (Lipinski definition) is 1. The van der Waals surface area contributed by atoms with Crippen molar-refractivity contribution in [3.8, 4) is 0 Å². The van der Waals surface area contributed by atoms with Crippen molar-refractivity contribution in [1.82, 2.24) is 9.97 Å². The highest BCUT2D eigenvalue weighted by atomic mass is 35.5. The van der Waals surface area contributed by atoms with Gasteiger partial charge in [-0.25, -0.2) is 9.97 Å². The molecule has 0 aliphatic carbocycles. The number of halogens is 1. The average Bonchev–Trinajstić information content (AvgIpc) is 2.37. The number of benzene rings is 1. The summed E-state index contributed by atoms with van der Waals surface area (Å²) in [5.41, 5.74) is 2.80. The molecule has 0 aliphatic heterocycles. The Labute approximate surface area is 113 Å². The molecule has 96 valence electrons. The summed E-state index contributed by atoms with van der Waals surface area (Å²) in [4.78, 5) is 9.17. The molecule has 1 heterocycles. The molecule has 18 heavy (non-hydrogen) atoms. The molecule has 2 aromatic rings. The van der Waals surface area contributed by atoms with E-state index in [2.05, 4.69) is 22.2 Å². The lowest BCUT2D eigenvalue weighted by Crippen LogP contribution is -2.17. The Hall–Kier alpha value is -1.35. The van der Waals surface area contributed by atoms with Crippen LogP contribution in [0.1, 0.15) is 25.5 Å². The minimum absolute atomic E-state index is 0.359. The van der Waals surface area contributed by atoms with Crippen molar-refractivity contribution in [2.24, 2.45) is 0 Å². The molecule has 1 unspecified atom stereocenters. The van der Waals surface area contributed by atoms with Crippen LogP contribution in [0, 0.1) is 6.92 Å². The molecule has 0 radical (unpaired) electrons. The number of alkyl halides is 1. The van der Waals surface area contributed by atoms with Gasteiger partial charge in [-0.1, -0.05) is 12.1 Å². The van der Waals surface area contributed by atoms with Crippen molar-refractivity contribution in [3.05, 3.63) is 30.0 Å². The maximum atomic E-state index is 5.70. The number of aromatic nitrogens is 2. The lowest BCUT2D eigenvalue weighted by atomic mass is 10.2. The number of nitrogens with zero attached hydrogens (tertiary/aromatic N) is 2. The van der Waals surface area contributed by atoms with Crippen LogP contribution in [0.25, 0.3) is 11.0 Å². The number of hydrogen-bond acceptors (Lipinski definition) is 3. The maximum absolute atomic E-state index is 5.70. The zero-order chi connectivity index (χ0) is 13.0. The molecule has 1 atom stereocenters. The first-order valence-corrected chi connectivity index (χ1v) is 6.80. The van der Waals surface area contributed by atoms with E-state index >= 15 is 0 Å². The van der Waals surface area contributed by atoms with E-state index in [1.807, 2.05) is 31.2 Å². The van der Waals surface area contributed by atoms with Crippen LogP contribution in [-0.4, -0.2) is 21.9 Å². The van der Waals surface area contributed by atoms with Crippen molar-refractivity contribution < 1.29 is 0 Å². The van der Waals surface area contributed by atoms with Crippen LogP contribution in [0.2, 0.25) is 0 Å². The molecule has 3 nitrogen and oxygen atoms in total. The van der Waals surface area contributed by atoms with Crippen LogP contribution in [0.5, 0.6) is 0 Å². The van der Waals surface area contributed by atoms with Crippen LogP contribution < -0.4 is 5.32 Å². The highest BCUT2D eigenvalue weighted by molar-refractivity contribution is 6.17. The number of fused-ring (bicyclic) bond motifs is 1. The topological polar surface area (TPSA) is 37.8 Å². The van der Waals surface area contributed by atoms with E-state index < -0.39 is 0 Å². The fraction of sp³-hybridized carbons (Fsp3) is 0.429. The highest BCUT2D eigenvalue weighted by Gasteiger charge is 2.07. The fourth-order valence-electron chi connectivity index (χ4n) is 1.91. The second-order valence-electron chi connectivity index (χ2n) is 4.52. The van der Waals surface area contributed by atoms with Crippen molar-refractivity contribution in [2.75, 3.05) is 11.2 Å². The molecule has 0 bridgehead atoms. The van der Waals surface area contributed by atoms with Crippen LogP contribution in [0.15, 0.2) is 24.3 Å². The van der Waals surface area contributed by atoms with Crippen LogP contribution in [-0.2, 0) is 0 Å². The van der Waals surface area contributed by atoms with E-state index in [0.29, 0.717) is 11.9 Å². The fourth-order valence-corrected chi connectivity index (χ4v) is 2.07. The predicted octanol–water partition coefficient (Wildman–Crippen LogP) is 3.76. The van der Waals surface area contributed by atoms with Crippen molar-refractivity contribution in [1.29, 1.82) is 0 Å². The number of anilines is 1. The molecule has 4 heteroatoms. The van der Waals surface area contributed by atoms with Gasteiger partial charge in [0, 0.05) is 11.9 Å². The predicted molar refractivity (Wildman–Crippen MR) is 77.3 cm³/mol. The summed E-state index contributed by atoms with van der Waals surface area (Å²) in [5.74, 6) is 1.57. The molecule has 0 saturated heterocycles. The van der Waals surface area contributed by atoms with Gasteiger partial charge < -0.3 is 5.32 Å². The minimum atomic E-state index is 0.359. The van der Waals surface area contributed by atoms with Crippen molar-refractivity contribution in [2.45, 2.75) is 32.7 Å². The van der Waals surface area contributed by atoms with Gasteiger partial charge in [0.25, 0.3) is 0 Å². The normalized spacial score (nSPS) is 12.6. The number of para-hydroxylation sites is 2. The molecule has 0 amide bonds. The number of aryl methyl sites for hydroxylation is 1. The summed E-state index contributed by atoms with van der Waals surface area (Å²) in [6, 6.07) is 8.28. The SMILES string of the molecule is Cc1nc2ccccc2nc1NC(C)CCCCl. The molecule has 0 fully saturated rings. The first-order chi connectivity index (χ1) is 8.70. The highest BCUT2D eigenvalue weighted by Crippen LogP contribution is 2.17. The largest absolute Gasteiger partial charge is 0.366 e. The minimum Gasteiger partial charge on any atom is -0.366 e. The van der Waals surface area contributed by atoms with E-state index in [1.165, 1.54) is 0 Å². The Bertz CT molecular complexity index is 527. The molecule has 1 N–H and O–H groups in total. The number of rotatable bonds is 5. The Kier molecular flexibility index (Phi) is 4.37. The van der Waals surface area contributed by atoms with Gasteiger partial charge in [0.1, 0.15) is 5.82 Å². The van der Waals surface area contributed by atoms with Gasteiger partial charge >= 0.3 is 0 Å². The molecular formula is C14H18ClN3. The Morgan fingerprint density at radius 2 is 1.89 bits per heavy atom. The third-order valence-corrected chi connectivity index (χ3v) is 3.17. The summed E-state index contributed by atoms with van der Waals surface area (Å²) < 4.78 is 0. The second-order valence-corrected chi connectivity index (χ2v) is 4.90. The van der Waals surface area contributed by atoms with Gasteiger partial charge in [-0.05, 0) is 38.8 Å². The standard InChI is InChI=1S/C14H18ClN3/c1-10(6-5-9-15)16-14-11(2)17-12-7-3-4-8-13(12)18-14/h3-4,7-8,10H,5-6,9H2,1-2H3,(H,16,18). The zero-order valence-electron chi connectivity index (χ0n) is 10.8. The first-order valence-electron chi connectivity index (χ1n) is 6.26. The van der Waals surface area contributed by atoms with Gasteiger partial charge in [-0.15, -0.1) is 11.6 Å². The van der Waals surface area contributed by atoms with E-state index in [1.54, 1.807) is 0 Å². The van der Waals surface area contributed by atoms with Crippen LogP contribution in [0.4, 0.5) is 5.82 Å². The van der Waals surface area contributed by atoms with E-state index in [-0.39, 0.29) is 0 Å². The van der Waals surface area contributed by atoms with Crippen molar-refractivity contribution in [3.63, 3.8) is 0 Å². The Morgan fingerprint density at radius 3 is 2.56 bits per heavy atom.